The SMILES string of the molecule is O=C(O)c1ccccc1/C=c1\sc2nc3ccccc3n2c1=O. The molecule has 0 aliphatic rings. The monoisotopic (exact) mass is 322 g/mol. The number of aromatic carboxylic acids is 1. The highest BCUT2D eigenvalue weighted by atomic mass is 32.1. The average molecular weight is 322 g/mol. The van der Waals surface area contributed by atoms with Crippen molar-refractivity contribution in [2.24, 2.45) is 0 Å². The van der Waals surface area contributed by atoms with Gasteiger partial charge in [0.15, 0.2) is 4.96 Å². The maximum absolute atomic E-state index is 12.6. The van der Waals surface area contributed by atoms with Crippen molar-refractivity contribution in [1.29, 1.82) is 0 Å². The molecule has 2 aromatic heterocycles. The van der Waals surface area contributed by atoms with E-state index in [1.165, 1.54) is 17.4 Å². The number of imidazole rings is 1. The summed E-state index contributed by atoms with van der Waals surface area (Å²) in [5.41, 5.74) is 2.02. The Bertz CT molecular complexity index is 1170. The minimum atomic E-state index is -1.02. The van der Waals surface area contributed by atoms with Crippen LogP contribution in [0.2, 0.25) is 0 Å². The molecule has 0 saturated carbocycles. The molecule has 0 atom stereocenters. The molecule has 4 aromatic rings. The van der Waals surface area contributed by atoms with E-state index >= 15 is 0 Å². The fourth-order valence-electron chi connectivity index (χ4n) is 2.57. The molecule has 0 bridgehead atoms. The van der Waals surface area contributed by atoms with Gasteiger partial charge in [-0.3, -0.25) is 4.79 Å². The Balaban J connectivity index is 2.02. The molecule has 5 nitrogen and oxygen atoms in total. The summed E-state index contributed by atoms with van der Waals surface area (Å²) in [5, 5.41) is 9.24. The molecular formula is C17H10N2O3S. The maximum Gasteiger partial charge on any atom is 0.336 e. The zero-order chi connectivity index (χ0) is 16.0. The van der Waals surface area contributed by atoms with Gasteiger partial charge in [0.25, 0.3) is 5.56 Å². The Morgan fingerprint density at radius 1 is 1.13 bits per heavy atom. The van der Waals surface area contributed by atoms with Gasteiger partial charge in [-0.05, 0) is 29.8 Å². The van der Waals surface area contributed by atoms with Crippen molar-refractivity contribution in [2.75, 3.05) is 0 Å². The number of nitrogens with zero attached hydrogens (tertiary/aromatic N) is 2. The summed E-state index contributed by atoms with van der Waals surface area (Å²) < 4.78 is 2.03. The molecule has 0 saturated heterocycles. The number of aromatic nitrogens is 2. The standard InChI is InChI=1S/C17H10N2O3S/c20-15-14(9-10-5-1-2-6-11(10)16(21)22)23-17-18-12-7-3-4-8-13(12)19(15)17/h1-9H,(H,21,22)/b14-9-. The Morgan fingerprint density at radius 2 is 1.87 bits per heavy atom. The normalized spacial score (nSPS) is 12.3. The second kappa shape index (κ2) is 5.03. The highest BCUT2D eigenvalue weighted by Crippen LogP contribution is 2.16. The smallest absolute Gasteiger partial charge is 0.336 e. The van der Waals surface area contributed by atoms with E-state index in [1.54, 1.807) is 28.7 Å². The molecule has 0 radical (unpaired) electrons. The number of benzene rings is 2. The first kappa shape index (κ1) is 13.7. The maximum atomic E-state index is 12.6. The summed E-state index contributed by atoms with van der Waals surface area (Å²) in [4.78, 5) is 29.0. The van der Waals surface area contributed by atoms with E-state index in [-0.39, 0.29) is 11.1 Å². The highest BCUT2D eigenvalue weighted by Gasteiger charge is 2.12. The molecule has 0 unspecified atom stereocenters. The van der Waals surface area contributed by atoms with Gasteiger partial charge in [0.05, 0.1) is 21.1 Å². The Hall–Kier alpha value is -2.99. The Labute approximate surface area is 133 Å². The van der Waals surface area contributed by atoms with Gasteiger partial charge < -0.3 is 5.11 Å². The van der Waals surface area contributed by atoms with Crippen LogP contribution in [0.15, 0.2) is 53.3 Å². The van der Waals surface area contributed by atoms with E-state index in [0.717, 1.165) is 11.0 Å². The van der Waals surface area contributed by atoms with Gasteiger partial charge in [0.1, 0.15) is 0 Å². The van der Waals surface area contributed by atoms with Gasteiger partial charge in [-0.15, -0.1) is 0 Å². The first-order valence-electron chi connectivity index (χ1n) is 6.89. The van der Waals surface area contributed by atoms with E-state index in [2.05, 4.69) is 4.98 Å². The highest BCUT2D eigenvalue weighted by molar-refractivity contribution is 7.15. The van der Waals surface area contributed by atoms with Gasteiger partial charge in [-0.2, -0.15) is 0 Å². The lowest BCUT2D eigenvalue weighted by Crippen LogP contribution is -2.23. The molecule has 0 spiro atoms. The van der Waals surface area contributed by atoms with Gasteiger partial charge in [-0.25, -0.2) is 14.2 Å². The fraction of sp³-hybridized carbons (Fsp3) is 0. The van der Waals surface area contributed by atoms with Crippen LogP contribution in [0.3, 0.4) is 0 Å². The molecule has 0 amide bonds. The third-order valence-electron chi connectivity index (χ3n) is 3.62. The third kappa shape index (κ3) is 2.11. The summed E-state index contributed by atoms with van der Waals surface area (Å²) in [6.45, 7) is 0. The number of fused-ring (bicyclic) bond motifs is 3. The predicted octanol–water partition coefficient (Wildman–Crippen LogP) is 2.16. The summed E-state index contributed by atoms with van der Waals surface area (Å²) in [6, 6.07) is 14.0. The van der Waals surface area contributed by atoms with Crippen molar-refractivity contribution in [3.05, 3.63) is 74.5 Å². The van der Waals surface area contributed by atoms with Crippen LogP contribution in [0.1, 0.15) is 15.9 Å². The van der Waals surface area contributed by atoms with Gasteiger partial charge in [-0.1, -0.05) is 41.7 Å². The number of carbonyl (C=O) groups is 1. The number of hydrogen-bond acceptors (Lipinski definition) is 4. The van der Waals surface area contributed by atoms with Crippen LogP contribution in [0, 0.1) is 0 Å². The topological polar surface area (TPSA) is 71.7 Å². The number of rotatable bonds is 2. The molecule has 0 aliphatic carbocycles. The number of thiazole rings is 1. The lowest BCUT2D eigenvalue weighted by atomic mass is 10.1. The number of hydrogen-bond donors (Lipinski definition) is 1. The van der Waals surface area contributed by atoms with Crippen LogP contribution in [0.5, 0.6) is 0 Å². The van der Waals surface area contributed by atoms with Crippen LogP contribution in [0.4, 0.5) is 0 Å². The molecule has 23 heavy (non-hydrogen) atoms. The number of carboxylic acids is 1. The molecule has 1 N–H and O–H groups in total. The van der Waals surface area contributed by atoms with Crippen LogP contribution >= 0.6 is 11.3 Å². The minimum absolute atomic E-state index is 0.169. The van der Waals surface area contributed by atoms with Crippen LogP contribution in [-0.2, 0) is 0 Å². The van der Waals surface area contributed by atoms with Gasteiger partial charge in [0.2, 0.25) is 0 Å². The van der Waals surface area contributed by atoms with Crippen LogP contribution in [-0.4, -0.2) is 20.5 Å². The van der Waals surface area contributed by atoms with Crippen molar-refractivity contribution in [3.63, 3.8) is 0 Å². The largest absolute Gasteiger partial charge is 0.478 e. The van der Waals surface area contributed by atoms with Crippen molar-refractivity contribution < 1.29 is 9.90 Å². The second-order valence-corrected chi connectivity index (χ2v) is 6.04. The zero-order valence-electron chi connectivity index (χ0n) is 11.8. The molecular weight excluding hydrogens is 312 g/mol. The van der Waals surface area contributed by atoms with E-state index in [1.807, 2.05) is 24.3 Å². The van der Waals surface area contributed by atoms with E-state index in [9.17, 15) is 14.7 Å². The van der Waals surface area contributed by atoms with Gasteiger partial charge in [0, 0.05) is 0 Å². The summed E-state index contributed by atoms with van der Waals surface area (Å²) in [5.74, 6) is -1.02. The van der Waals surface area contributed by atoms with Crippen LogP contribution in [0.25, 0.3) is 22.1 Å². The predicted molar refractivity (Wildman–Crippen MR) is 89.0 cm³/mol. The summed E-state index contributed by atoms with van der Waals surface area (Å²) in [7, 11) is 0. The average Bonchev–Trinajstić information content (AvgIpc) is 3.05. The summed E-state index contributed by atoms with van der Waals surface area (Å²) in [6.07, 6.45) is 1.61. The molecule has 0 aliphatic heterocycles. The van der Waals surface area contributed by atoms with Crippen LogP contribution < -0.4 is 10.1 Å². The van der Waals surface area contributed by atoms with Crippen molar-refractivity contribution in [1.82, 2.24) is 9.38 Å². The quantitative estimate of drug-likeness (QED) is 0.614. The van der Waals surface area contributed by atoms with Crippen molar-refractivity contribution >= 4 is 39.4 Å². The summed E-state index contributed by atoms with van der Waals surface area (Å²) >= 11 is 1.26. The molecule has 2 aromatic carbocycles. The molecule has 4 rings (SSSR count). The van der Waals surface area contributed by atoms with Gasteiger partial charge >= 0.3 is 5.97 Å². The second-order valence-electron chi connectivity index (χ2n) is 5.03. The first-order valence-corrected chi connectivity index (χ1v) is 7.71. The molecule has 112 valence electrons. The minimum Gasteiger partial charge on any atom is -0.478 e. The fourth-order valence-corrected chi connectivity index (χ4v) is 3.55. The molecule has 0 fully saturated rings. The number of carboxylic acid groups (broad SMARTS) is 1. The van der Waals surface area contributed by atoms with E-state index < -0.39 is 5.97 Å². The number of para-hydroxylation sites is 2. The zero-order valence-corrected chi connectivity index (χ0v) is 12.6. The lowest BCUT2D eigenvalue weighted by Gasteiger charge is -1.98. The van der Waals surface area contributed by atoms with E-state index in [4.69, 9.17) is 0 Å². The third-order valence-corrected chi connectivity index (χ3v) is 4.59. The molecule has 6 heteroatoms. The van der Waals surface area contributed by atoms with Crippen molar-refractivity contribution in [3.8, 4) is 0 Å². The first-order chi connectivity index (χ1) is 11.1. The Morgan fingerprint density at radius 3 is 2.70 bits per heavy atom. The molecule has 2 heterocycles. The lowest BCUT2D eigenvalue weighted by molar-refractivity contribution is 0.0696. The van der Waals surface area contributed by atoms with Crippen molar-refractivity contribution in [2.45, 2.75) is 0 Å². The Kier molecular flexibility index (Phi) is 2.99. The van der Waals surface area contributed by atoms with E-state index in [0.29, 0.717) is 15.1 Å².